The van der Waals surface area contributed by atoms with Gasteiger partial charge in [0.25, 0.3) is 0 Å². The van der Waals surface area contributed by atoms with E-state index in [0.717, 1.165) is 0 Å². The standard InChI is InChI=1S/C22H26N2O8/c1-8-9-5-4-6-10(26)12(9)19(28)14-11(8)18(27)13-15(22(14,31)32)20(29)16(23-7-25)21(30)17(13)24(2)3/h4-8,11,13-15,17-18,26-27,30-32H,1-3H3,(H,23,25). The molecule has 0 heterocycles. The van der Waals surface area contributed by atoms with Crippen LogP contribution in [0.3, 0.4) is 0 Å². The smallest absolute Gasteiger partial charge is 0.211 e. The molecule has 0 radical (unpaired) electrons. The topological polar surface area (TPSA) is 168 Å². The first-order valence-electron chi connectivity index (χ1n) is 10.3. The van der Waals surface area contributed by atoms with E-state index in [9.17, 15) is 39.9 Å². The Morgan fingerprint density at radius 1 is 1.06 bits per heavy atom. The van der Waals surface area contributed by atoms with Crippen LogP contribution in [-0.2, 0) is 9.59 Å². The number of rotatable bonds is 3. The highest BCUT2D eigenvalue weighted by Gasteiger charge is 2.68. The lowest BCUT2D eigenvalue weighted by Gasteiger charge is -2.57. The van der Waals surface area contributed by atoms with Crippen molar-refractivity contribution >= 4 is 18.0 Å². The lowest BCUT2D eigenvalue weighted by atomic mass is 9.51. The molecule has 0 bridgehead atoms. The van der Waals surface area contributed by atoms with Crippen LogP contribution in [0.4, 0.5) is 0 Å². The number of aromatic hydroxyl groups is 1. The van der Waals surface area contributed by atoms with Crippen molar-refractivity contribution < 1.29 is 39.9 Å². The molecule has 1 saturated carbocycles. The highest BCUT2D eigenvalue weighted by molar-refractivity contribution is 6.06. The summed E-state index contributed by atoms with van der Waals surface area (Å²) in [5.74, 6) is -11.6. The minimum atomic E-state index is -2.91. The summed E-state index contributed by atoms with van der Waals surface area (Å²) in [6.07, 6.45) is -1.21. The van der Waals surface area contributed by atoms with Gasteiger partial charge in [0.05, 0.1) is 29.5 Å². The molecule has 1 fully saturated rings. The van der Waals surface area contributed by atoms with Crippen molar-refractivity contribution in [3.05, 3.63) is 40.8 Å². The Morgan fingerprint density at radius 2 is 1.69 bits per heavy atom. The second-order valence-electron chi connectivity index (χ2n) is 9.07. The zero-order chi connectivity index (χ0) is 23.7. The van der Waals surface area contributed by atoms with Crippen molar-refractivity contribution in [1.82, 2.24) is 10.2 Å². The van der Waals surface area contributed by atoms with Gasteiger partial charge in [-0.15, -0.1) is 0 Å². The molecule has 3 aliphatic carbocycles. The Kier molecular flexibility index (Phi) is 5.17. The summed E-state index contributed by atoms with van der Waals surface area (Å²) in [4.78, 5) is 39.2. The van der Waals surface area contributed by atoms with Crippen molar-refractivity contribution in [3.63, 3.8) is 0 Å². The first kappa shape index (κ1) is 22.4. The maximum Gasteiger partial charge on any atom is 0.211 e. The van der Waals surface area contributed by atoms with Crippen LogP contribution >= 0.6 is 0 Å². The number of nitrogens with one attached hydrogen (secondary N) is 1. The molecule has 7 unspecified atom stereocenters. The zero-order valence-corrected chi connectivity index (χ0v) is 17.8. The number of carbonyl (C=O) groups excluding carboxylic acids is 3. The van der Waals surface area contributed by atoms with Crippen LogP contribution in [-0.4, -0.2) is 80.4 Å². The van der Waals surface area contributed by atoms with Crippen molar-refractivity contribution in [2.75, 3.05) is 14.1 Å². The highest BCUT2D eigenvalue weighted by Crippen LogP contribution is 2.57. The van der Waals surface area contributed by atoms with Crippen LogP contribution in [0.2, 0.25) is 0 Å². The number of hydrogen-bond acceptors (Lipinski definition) is 9. The Bertz CT molecular complexity index is 1030. The molecule has 0 aliphatic heterocycles. The van der Waals surface area contributed by atoms with Gasteiger partial charge in [-0.1, -0.05) is 19.1 Å². The second kappa shape index (κ2) is 7.38. The van der Waals surface area contributed by atoms with Crippen LogP contribution in [0.25, 0.3) is 0 Å². The third-order valence-corrected chi connectivity index (χ3v) is 7.33. The number of hydrogen-bond donors (Lipinski definition) is 6. The van der Waals surface area contributed by atoms with Crippen LogP contribution in [0, 0.1) is 23.7 Å². The molecular formula is C22H26N2O8. The average Bonchev–Trinajstić information content (AvgIpc) is 2.70. The Morgan fingerprint density at radius 3 is 2.28 bits per heavy atom. The molecule has 1 aromatic rings. The number of ketones is 2. The maximum atomic E-state index is 13.4. The summed E-state index contributed by atoms with van der Waals surface area (Å²) in [5, 5.41) is 57.2. The fraction of sp³-hybridized carbons (Fsp3) is 0.500. The van der Waals surface area contributed by atoms with Crippen molar-refractivity contribution in [2.24, 2.45) is 23.7 Å². The van der Waals surface area contributed by atoms with E-state index in [1.807, 2.05) is 0 Å². The number of Topliss-reactive ketones (excluding diaryl/α,β-unsaturated/α-hetero) is 2. The number of aliphatic hydroxyl groups is 4. The lowest BCUT2D eigenvalue weighted by Crippen LogP contribution is -2.71. The molecule has 0 saturated heterocycles. The molecule has 3 aliphatic rings. The van der Waals surface area contributed by atoms with Gasteiger partial charge in [-0.25, -0.2) is 0 Å². The monoisotopic (exact) mass is 446 g/mol. The molecule has 1 aromatic carbocycles. The molecule has 10 nitrogen and oxygen atoms in total. The van der Waals surface area contributed by atoms with Gasteiger partial charge < -0.3 is 30.8 Å². The normalized spacial score (nSPS) is 35.8. The van der Waals surface area contributed by atoms with Gasteiger partial charge >= 0.3 is 0 Å². The summed E-state index contributed by atoms with van der Waals surface area (Å²) in [7, 11) is 3.15. The number of aliphatic hydroxyl groups excluding tert-OH is 2. The summed E-state index contributed by atoms with van der Waals surface area (Å²) in [5.41, 5.74) is -0.134. The number of allylic oxidation sites excluding steroid dienone is 1. The van der Waals surface area contributed by atoms with Crippen molar-refractivity contribution in [3.8, 4) is 5.75 Å². The van der Waals surface area contributed by atoms with E-state index in [4.69, 9.17) is 0 Å². The Balaban J connectivity index is 1.95. The fourth-order valence-electron chi connectivity index (χ4n) is 6.07. The van der Waals surface area contributed by atoms with Crippen LogP contribution in [0.5, 0.6) is 5.75 Å². The maximum absolute atomic E-state index is 13.4. The van der Waals surface area contributed by atoms with Crippen LogP contribution in [0.1, 0.15) is 28.8 Å². The molecule has 4 rings (SSSR count). The third kappa shape index (κ3) is 2.77. The third-order valence-electron chi connectivity index (χ3n) is 7.33. The van der Waals surface area contributed by atoms with E-state index in [0.29, 0.717) is 5.56 Å². The summed E-state index contributed by atoms with van der Waals surface area (Å²) >= 11 is 0. The number of carbonyl (C=O) groups is 3. The van der Waals surface area contributed by atoms with E-state index >= 15 is 0 Å². The largest absolute Gasteiger partial charge is 0.508 e. The first-order chi connectivity index (χ1) is 15.0. The lowest BCUT2D eigenvalue weighted by molar-refractivity contribution is -0.284. The van der Waals surface area contributed by atoms with Gasteiger partial charge in [0.2, 0.25) is 6.41 Å². The molecular weight excluding hydrogens is 420 g/mol. The second-order valence-corrected chi connectivity index (χ2v) is 9.07. The molecule has 172 valence electrons. The van der Waals surface area contributed by atoms with E-state index < -0.39 is 70.5 Å². The number of nitrogens with zero attached hydrogens (tertiary/aromatic N) is 1. The van der Waals surface area contributed by atoms with E-state index in [2.05, 4.69) is 5.32 Å². The van der Waals surface area contributed by atoms with Gasteiger partial charge in [-0.2, -0.15) is 0 Å². The van der Waals surface area contributed by atoms with Crippen LogP contribution < -0.4 is 5.32 Å². The van der Waals surface area contributed by atoms with Crippen molar-refractivity contribution in [1.29, 1.82) is 0 Å². The number of likely N-dealkylation sites (N-methyl/N-ethyl adjacent to an activating group) is 1. The molecule has 6 N–H and O–H groups in total. The van der Waals surface area contributed by atoms with Gasteiger partial charge in [-0.3, -0.25) is 19.3 Å². The molecule has 0 aromatic heterocycles. The van der Waals surface area contributed by atoms with Crippen LogP contribution in [0.15, 0.2) is 29.7 Å². The first-order valence-corrected chi connectivity index (χ1v) is 10.3. The predicted molar refractivity (Wildman–Crippen MR) is 109 cm³/mol. The van der Waals surface area contributed by atoms with E-state index in [1.54, 1.807) is 33.2 Å². The minimum absolute atomic E-state index is 0.0728. The molecule has 10 heteroatoms. The number of phenolic OH excluding ortho intramolecular Hbond substituents is 1. The average molecular weight is 446 g/mol. The Labute approximate surface area is 183 Å². The summed E-state index contributed by atoms with van der Waals surface area (Å²) < 4.78 is 0. The van der Waals surface area contributed by atoms with Crippen molar-refractivity contribution in [2.45, 2.75) is 30.8 Å². The number of benzene rings is 1. The Hall–Kier alpha value is -2.79. The van der Waals surface area contributed by atoms with E-state index in [-0.39, 0.29) is 17.7 Å². The zero-order valence-electron chi connectivity index (χ0n) is 17.8. The summed E-state index contributed by atoms with van der Waals surface area (Å²) in [6.45, 7) is 1.70. The van der Waals surface area contributed by atoms with Gasteiger partial charge in [0, 0.05) is 11.8 Å². The summed E-state index contributed by atoms with van der Waals surface area (Å²) in [6, 6.07) is 3.45. The molecule has 32 heavy (non-hydrogen) atoms. The molecule has 7 atom stereocenters. The van der Waals surface area contributed by atoms with E-state index in [1.165, 1.54) is 11.0 Å². The minimum Gasteiger partial charge on any atom is -0.508 e. The number of phenols is 1. The SMILES string of the molecule is CC1c2cccc(O)c2C(=O)C2C1C(O)C1C(N(C)C)C(O)=C(NC=O)C(=O)C1C2(O)O. The van der Waals surface area contributed by atoms with Gasteiger partial charge in [0.15, 0.2) is 17.4 Å². The van der Waals surface area contributed by atoms with Gasteiger partial charge in [0.1, 0.15) is 17.2 Å². The number of fused-ring (bicyclic) bond motifs is 3. The molecule has 1 amide bonds. The predicted octanol–water partition coefficient (Wildman–Crippen LogP) is -0.759. The highest BCUT2D eigenvalue weighted by atomic mass is 16.5. The quantitative estimate of drug-likeness (QED) is 0.258. The fourth-order valence-corrected chi connectivity index (χ4v) is 6.07. The van der Waals surface area contributed by atoms with Gasteiger partial charge in [-0.05, 0) is 31.6 Å². The number of amides is 1. The molecule has 0 spiro atoms.